The summed E-state index contributed by atoms with van der Waals surface area (Å²) in [6.45, 7) is 6.84. The van der Waals surface area contributed by atoms with Gasteiger partial charge in [0.2, 0.25) is 0 Å². The Morgan fingerprint density at radius 2 is 1.87 bits per heavy atom. The molecular formula is C14H21O. The van der Waals surface area contributed by atoms with E-state index in [2.05, 4.69) is 38.1 Å². The molecule has 0 bridgehead atoms. The van der Waals surface area contributed by atoms with Crippen molar-refractivity contribution in [3.63, 3.8) is 0 Å². The normalized spacial score (nSPS) is 10.3. The third kappa shape index (κ3) is 4.87. The minimum atomic E-state index is 0.828. The van der Waals surface area contributed by atoms with Gasteiger partial charge in [0.05, 0.1) is 6.61 Å². The largest absolute Gasteiger partial charge is 0.494 e. The van der Waals surface area contributed by atoms with Gasteiger partial charge in [0.15, 0.2) is 0 Å². The number of ether oxygens (including phenoxy) is 1. The summed E-state index contributed by atoms with van der Waals surface area (Å²) in [4.78, 5) is 0. The zero-order chi connectivity index (χ0) is 10.9. The van der Waals surface area contributed by atoms with Crippen LogP contribution >= 0.6 is 0 Å². The smallest absolute Gasteiger partial charge is 0.119 e. The van der Waals surface area contributed by atoms with Crippen LogP contribution < -0.4 is 4.74 Å². The summed E-state index contributed by atoms with van der Waals surface area (Å²) < 4.78 is 5.59. The molecule has 0 N–H and O–H groups in total. The van der Waals surface area contributed by atoms with E-state index in [0.29, 0.717) is 0 Å². The van der Waals surface area contributed by atoms with E-state index in [0.717, 1.165) is 38.0 Å². The molecule has 1 aromatic carbocycles. The van der Waals surface area contributed by atoms with E-state index < -0.39 is 0 Å². The van der Waals surface area contributed by atoms with Gasteiger partial charge in [-0.15, -0.1) is 0 Å². The van der Waals surface area contributed by atoms with Gasteiger partial charge >= 0.3 is 0 Å². The molecule has 0 aliphatic heterocycles. The molecule has 1 heteroatoms. The maximum Gasteiger partial charge on any atom is 0.119 e. The van der Waals surface area contributed by atoms with Crippen molar-refractivity contribution in [2.24, 2.45) is 0 Å². The van der Waals surface area contributed by atoms with Crippen LogP contribution in [0.25, 0.3) is 0 Å². The van der Waals surface area contributed by atoms with Crippen molar-refractivity contribution in [2.45, 2.75) is 39.0 Å². The van der Waals surface area contributed by atoms with Gasteiger partial charge in [0.25, 0.3) is 0 Å². The second-order valence-electron chi connectivity index (χ2n) is 3.80. The van der Waals surface area contributed by atoms with Gasteiger partial charge in [-0.2, -0.15) is 0 Å². The van der Waals surface area contributed by atoms with Crippen LogP contribution in [0.1, 0.15) is 38.2 Å². The van der Waals surface area contributed by atoms with Crippen LogP contribution in [0.4, 0.5) is 0 Å². The fourth-order valence-corrected chi connectivity index (χ4v) is 1.42. The molecule has 0 aliphatic carbocycles. The van der Waals surface area contributed by atoms with Gasteiger partial charge in [0, 0.05) is 0 Å². The SMILES string of the molecule is [CH2]CCCc1ccc(OCCCC)cc1. The average molecular weight is 205 g/mol. The summed E-state index contributed by atoms with van der Waals surface area (Å²) >= 11 is 0. The lowest BCUT2D eigenvalue weighted by Gasteiger charge is -2.06. The molecule has 0 saturated heterocycles. The molecular weight excluding hydrogens is 184 g/mol. The molecule has 0 atom stereocenters. The summed E-state index contributed by atoms with van der Waals surface area (Å²) in [5.74, 6) is 0.988. The van der Waals surface area contributed by atoms with E-state index >= 15 is 0 Å². The van der Waals surface area contributed by atoms with Crippen molar-refractivity contribution in [2.75, 3.05) is 6.61 Å². The van der Waals surface area contributed by atoms with E-state index in [9.17, 15) is 0 Å². The average Bonchev–Trinajstić information content (AvgIpc) is 2.28. The second-order valence-corrected chi connectivity index (χ2v) is 3.80. The number of rotatable bonds is 7. The molecule has 15 heavy (non-hydrogen) atoms. The summed E-state index contributed by atoms with van der Waals surface area (Å²) in [5, 5.41) is 0. The Bertz CT molecular complexity index is 251. The van der Waals surface area contributed by atoms with E-state index in [-0.39, 0.29) is 0 Å². The van der Waals surface area contributed by atoms with Gasteiger partial charge < -0.3 is 4.74 Å². The minimum Gasteiger partial charge on any atom is -0.494 e. The van der Waals surface area contributed by atoms with Crippen LogP contribution in [0.2, 0.25) is 0 Å². The van der Waals surface area contributed by atoms with Gasteiger partial charge in [-0.25, -0.2) is 0 Å². The Morgan fingerprint density at radius 3 is 2.47 bits per heavy atom. The van der Waals surface area contributed by atoms with Crippen LogP contribution in [0, 0.1) is 6.92 Å². The molecule has 0 unspecified atom stereocenters. The Hall–Kier alpha value is -0.980. The Balaban J connectivity index is 2.35. The molecule has 0 fully saturated rings. The molecule has 1 rings (SSSR count). The number of hydrogen-bond acceptors (Lipinski definition) is 1. The van der Waals surface area contributed by atoms with Crippen LogP contribution in [0.3, 0.4) is 0 Å². The van der Waals surface area contributed by atoms with Gasteiger partial charge in [-0.05, 0) is 37.0 Å². The first-order valence-corrected chi connectivity index (χ1v) is 5.87. The maximum atomic E-state index is 5.59. The first kappa shape index (κ1) is 12.1. The van der Waals surface area contributed by atoms with Crippen LogP contribution in [0.5, 0.6) is 5.75 Å². The predicted molar refractivity (Wildman–Crippen MR) is 65.1 cm³/mol. The van der Waals surface area contributed by atoms with Gasteiger partial charge in [0.1, 0.15) is 5.75 Å². The highest BCUT2D eigenvalue weighted by molar-refractivity contribution is 5.27. The molecule has 1 radical (unpaired) electrons. The third-order valence-electron chi connectivity index (χ3n) is 2.41. The molecule has 0 aliphatic rings. The summed E-state index contributed by atoms with van der Waals surface area (Å²) in [7, 11) is 0. The molecule has 0 heterocycles. The first-order valence-electron chi connectivity index (χ1n) is 5.87. The lowest BCUT2D eigenvalue weighted by Crippen LogP contribution is -1.96. The highest BCUT2D eigenvalue weighted by Gasteiger charge is 1.95. The van der Waals surface area contributed by atoms with Crippen molar-refractivity contribution in [3.05, 3.63) is 36.8 Å². The Morgan fingerprint density at radius 1 is 1.13 bits per heavy atom. The van der Waals surface area contributed by atoms with Crippen molar-refractivity contribution < 1.29 is 4.74 Å². The Labute approximate surface area is 93.5 Å². The lowest BCUT2D eigenvalue weighted by molar-refractivity contribution is 0.309. The summed E-state index contributed by atoms with van der Waals surface area (Å²) in [6, 6.07) is 8.43. The van der Waals surface area contributed by atoms with E-state index in [4.69, 9.17) is 4.74 Å². The fourth-order valence-electron chi connectivity index (χ4n) is 1.42. The highest BCUT2D eigenvalue weighted by Crippen LogP contribution is 2.14. The predicted octanol–water partition coefficient (Wildman–Crippen LogP) is 4.02. The third-order valence-corrected chi connectivity index (χ3v) is 2.41. The van der Waals surface area contributed by atoms with Crippen LogP contribution in [-0.4, -0.2) is 6.61 Å². The molecule has 0 aromatic heterocycles. The molecule has 0 amide bonds. The Kier molecular flexibility index (Phi) is 5.91. The zero-order valence-electron chi connectivity index (χ0n) is 9.67. The minimum absolute atomic E-state index is 0.828. The molecule has 1 aromatic rings. The van der Waals surface area contributed by atoms with Crippen molar-refractivity contribution >= 4 is 0 Å². The van der Waals surface area contributed by atoms with Crippen LogP contribution in [-0.2, 0) is 6.42 Å². The number of hydrogen-bond donors (Lipinski definition) is 0. The standard InChI is InChI=1S/C14H21O/c1-3-5-7-13-8-10-14(11-9-13)15-12-6-4-2/h8-11H,1,3-7,12H2,2H3. The molecule has 0 saturated carbocycles. The van der Waals surface area contributed by atoms with Crippen molar-refractivity contribution in [1.29, 1.82) is 0 Å². The van der Waals surface area contributed by atoms with Gasteiger partial charge in [-0.3, -0.25) is 0 Å². The quantitative estimate of drug-likeness (QED) is 0.611. The van der Waals surface area contributed by atoms with Crippen molar-refractivity contribution in [3.8, 4) is 5.75 Å². The number of unbranched alkanes of at least 4 members (excludes halogenated alkanes) is 2. The summed E-state index contributed by atoms with van der Waals surface area (Å²) in [6.07, 6.45) is 5.61. The summed E-state index contributed by atoms with van der Waals surface area (Å²) in [5.41, 5.74) is 1.38. The zero-order valence-corrected chi connectivity index (χ0v) is 9.67. The number of aryl methyl sites for hydroxylation is 1. The fraction of sp³-hybridized carbons (Fsp3) is 0.500. The van der Waals surface area contributed by atoms with E-state index in [1.807, 2.05) is 0 Å². The van der Waals surface area contributed by atoms with Crippen LogP contribution in [0.15, 0.2) is 24.3 Å². The monoisotopic (exact) mass is 205 g/mol. The van der Waals surface area contributed by atoms with Gasteiger partial charge in [-0.1, -0.05) is 38.8 Å². The lowest BCUT2D eigenvalue weighted by atomic mass is 10.1. The van der Waals surface area contributed by atoms with Crippen molar-refractivity contribution in [1.82, 2.24) is 0 Å². The van der Waals surface area contributed by atoms with E-state index in [1.54, 1.807) is 0 Å². The highest BCUT2D eigenvalue weighted by atomic mass is 16.5. The second kappa shape index (κ2) is 7.33. The molecule has 0 spiro atoms. The topological polar surface area (TPSA) is 9.23 Å². The molecule has 83 valence electrons. The molecule has 1 nitrogen and oxygen atoms in total. The first-order chi connectivity index (χ1) is 7.36. The maximum absolute atomic E-state index is 5.59. The number of benzene rings is 1. The van der Waals surface area contributed by atoms with E-state index in [1.165, 1.54) is 12.0 Å².